The Morgan fingerprint density at radius 1 is 1.47 bits per heavy atom. The molecule has 0 radical (unpaired) electrons. The first-order valence-electron chi connectivity index (χ1n) is 5.33. The maximum atomic E-state index is 5.76. The third-order valence-corrected chi connectivity index (χ3v) is 2.36. The zero-order valence-electron chi connectivity index (χ0n) is 9.16. The van der Waals surface area contributed by atoms with Gasteiger partial charge in [0.25, 0.3) is 0 Å². The van der Waals surface area contributed by atoms with Crippen molar-refractivity contribution in [1.29, 1.82) is 0 Å². The summed E-state index contributed by atoms with van der Waals surface area (Å²) in [7, 11) is 0. The lowest BCUT2D eigenvalue weighted by molar-refractivity contribution is 0.538. The Labute approximate surface area is 89.3 Å². The third kappa shape index (κ3) is 2.18. The van der Waals surface area contributed by atoms with Crippen LogP contribution in [0.3, 0.4) is 0 Å². The van der Waals surface area contributed by atoms with Crippen LogP contribution in [0.2, 0.25) is 0 Å². The summed E-state index contributed by atoms with van der Waals surface area (Å²) >= 11 is 0. The molecule has 0 fully saturated rings. The van der Waals surface area contributed by atoms with Gasteiger partial charge in [0.15, 0.2) is 11.5 Å². The molecule has 0 saturated heterocycles. The number of fused-ring (bicyclic) bond motifs is 1. The average molecular weight is 204 g/mol. The highest BCUT2D eigenvalue weighted by Crippen LogP contribution is 2.18. The van der Waals surface area contributed by atoms with Gasteiger partial charge in [0.1, 0.15) is 5.52 Å². The fourth-order valence-corrected chi connectivity index (χ4v) is 1.67. The highest BCUT2D eigenvalue weighted by atomic mass is 16.3. The molecule has 1 aromatic carbocycles. The van der Waals surface area contributed by atoms with Crippen LogP contribution in [-0.4, -0.2) is 11.0 Å². The maximum Gasteiger partial charge on any atom is 0.195 e. The van der Waals surface area contributed by atoms with Crippen LogP contribution in [0.1, 0.15) is 25.3 Å². The molecule has 1 aromatic heterocycles. The summed E-state index contributed by atoms with van der Waals surface area (Å²) in [5.41, 5.74) is 8.77. The molecule has 0 aliphatic rings. The van der Waals surface area contributed by atoms with Gasteiger partial charge >= 0.3 is 0 Å². The number of nitrogens with zero attached hydrogens (tertiary/aromatic N) is 1. The van der Waals surface area contributed by atoms with E-state index in [0.717, 1.165) is 29.8 Å². The summed E-state index contributed by atoms with van der Waals surface area (Å²) in [4.78, 5) is 4.39. The SMILES string of the molecule is CCc1nc2cc(CC(C)N)ccc2o1. The Morgan fingerprint density at radius 3 is 2.93 bits per heavy atom. The lowest BCUT2D eigenvalue weighted by Gasteiger charge is -2.03. The fourth-order valence-electron chi connectivity index (χ4n) is 1.67. The first-order valence-corrected chi connectivity index (χ1v) is 5.33. The summed E-state index contributed by atoms with van der Waals surface area (Å²) in [6.45, 7) is 4.04. The van der Waals surface area contributed by atoms with E-state index in [4.69, 9.17) is 10.2 Å². The number of aromatic nitrogens is 1. The molecule has 0 saturated carbocycles. The second-order valence-corrected chi connectivity index (χ2v) is 3.94. The van der Waals surface area contributed by atoms with Crippen molar-refractivity contribution in [2.24, 2.45) is 5.73 Å². The van der Waals surface area contributed by atoms with Crippen LogP contribution in [0.4, 0.5) is 0 Å². The minimum Gasteiger partial charge on any atom is -0.441 e. The smallest absolute Gasteiger partial charge is 0.195 e. The van der Waals surface area contributed by atoms with Crippen molar-refractivity contribution < 1.29 is 4.42 Å². The predicted octanol–water partition coefficient (Wildman–Crippen LogP) is 2.28. The van der Waals surface area contributed by atoms with Gasteiger partial charge in [-0.3, -0.25) is 0 Å². The van der Waals surface area contributed by atoms with Crippen LogP contribution >= 0.6 is 0 Å². The molecule has 3 nitrogen and oxygen atoms in total. The molecular weight excluding hydrogens is 188 g/mol. The van der Waals surface area contributed by atoms with Crippen LogP contribution in [-0.2, 0) is 12.8 Å². The summed E-state index contributed by atoms with van der Waals surface area (Å²) in [5, 5.41) is 0. The van der Waals surface area contributed by atoms with E-state index in [-0.39, 0.29) is 6.04 Å². The van der Waals surface area contributed by atoms with Crippen LogP contribution in [0.5, 0.6) is 0 Å². The van der Waals surface area contributed by atoms with Gasteiger partial charge in [-0.1, -0.05) is 13.0 Å². The van der Waals surface area contributed by atoms with E-state index in [0.29, 0.717) is 0 Å². The zero-order valence-corrected chi connectivity index (χ0v) is 9.16. The molecule has 0 aliphatic carbocycles. The topological polar surface area (TPSA) is 52.0 Å². The minimum absolute atomic E-state index is 0.181. The van der Waals surface area contributed by atoms with Crippen molar-refractivity contribution in [3.05, 3.63) is 29.7 Å². The zero-order chi connectivity index (χ0) is 10.8. The number of hydrogen-bond donors (Lipinski definition) is 1. The van der Waals surface area contributed by atoms with Crippen molar-refractivity contribution in [2.45, 2.75) is 32.7 Å². The fraction of sp³-hybridized carbons (Fsp3) is 0.417. The molecule has 15 heavy (non-hydrogen) atoms. The molecule has 3 heteroatoms. The molecule has 1 unspecified atom stereocenters. The largest absolute Gasteiger partial charge is 0.441 e. The Bertz CT molecular complexity index is 460. The van der Waals surface area contributed by atoms with Gasteiger partial charge in [-0.05, 0) is 31.0 Å². The third-order valence-electron chi connectivity index (χ3n) is 2.36. The highest BCUT2D eigenvalue weighted by molar-refractivity contribution is 5.73. The normalized spacial score (nSPS) is 13.3. The van der Waals surface area contributed by atoms with Gasteiger partial charge < -0.3 is 10.2 Å². The van der Waals surface area contributed by atoms with Gasteiger partial charge in [0, 0.05) is 12.5 Å². The van der Waals surface area contributed by atoms with E-state index in [2.05, 4.69) is 17.1 Å². The molecule has 2 N–H and O–H groups in total. The van der Waals surface area contributed by atoms with E-state index >= 15 is 0 Å². The second kappa shape index (κ2) is 4.03. The standard InChI is InChI=1S/C12H16N2O/c1-3-12-14-10-7-9(6-8(2)13)4-5-11(10)15-12/h4-5,7-8H,3,6,13H2,1-2H3. The Hall–Kier alpha value is -1.35. The quantitative estimate of drug-likeness (QED) is 0.834. The first kappa shape index (κ1) is 10.2. The van der Waals surface area contributed by atoms with E-state index in [1.54, 1.807) is 0 Å². The van der Waals surface area contributed by atoms with E-state index in [1.807, 2.05) is 19.9 Å². The number of aryl methyl sites for hydroxylation is 1. The van der Waals surface area contributed by atoms with E-state index in [9.17, 15) is 0 Å². The molecule has 0 aliphatic heterocycles. The molecule has 0 amide bonds. The Kier molecular flexibility index (Phi) is 2.73. The number of hydrogen-bond acceptors (Lipinski definition) is 3. The van der Waals surface area contributed by atoms with Gasteiger partial charge in [-0.2, -0.15) is 0 Å². The molecule has 1 atom stereocenters. The summed E-state index contributed by atoms with van der Waals surface area (Å²) in [6, 6.07) is 6.26. The number of benzene rings is 1. The van der Waals surface area contributed by atoms with Gasteiger partial charge in [-0.25, -0.2) is 4.98 Å². The molecule has 80 valence electrons. The molecule has 1 heterocycles. The molecule has 2 rings (SSSR count). The monoisotopic (exact) mass is 204 g/mol. The lowest BCUT2D eigenvalue weighted by atomic mass is 10.1. The van der Waals surface area contributed by atoms with Crippen molar-refractivity contribution in [3.8, 4) is 0 Å². The lowest BCUT2D eigenvalue weighted by Crippen LogP contribution is -2.17. The van der Waals surface area contributed by atoms with Crippen molar-refractivity contribution in [1.82, 2.24) is 4.98 Å². The van der Waals surface area contributed by atoms with Crippen LogP contribution in [0, 0.1) is 0 Å². The second-order valence-electron chi connectivity index (χ2n) is 3.94. The summed E-state index contributed by atoms with van der Waals surface area (Å²) < 4.78 is 5.53. The van der Waals surface area contributed by atoms with Gasteiger partial charge in [-0.15, -0.1) is 0 Å². The molecule has 0 spiro atoms. The molecular formula is C12H16N2O. The average Bonchev–Trinajstić information content (AvgIpc) is 2.58. The van der Waals surface area contributed by atoms with Crippen LogP contribution in [0.15, 0.2) is 22.6 Å². The number of rotatable bonds is 3. The Balaban J connectivity index is 2.37. The Morgan fingerprint density at radius 2 is 2.27 bits per heavy atom. The van der Waals surface area contributed by atoms with Crippen molar-refractivity contribution in [3.63, 3.8) is 0 Å². The van der Waals surface area contributed by atoms with Crippen LogP contribution < -0.4 is 5.73 Å². The predicted molar refractivity (Wildman–Crippen MR) is 60.7 cm³/mol. The van der Waals surface area contributed by atoms with Gasteiger partial charge in [0.05, 0.1) is 0 Å². The summed E-state index contributed by atoms with van der Waals surface area (Å²) in [5.74, 6) is 0.794. The van der Waals surface area contributed by atoms with Crippen LogP contribution in [0.25, 0.3) is 11.1 Å². The molecule has 0 bridgehead atoms. The van der Waals surface area contributed by atoms with Crippen molar-refractivity contribution >= 4 is 11.1 Å². The maximum absolute atomic E-state index is 5.76. The summed E-state index contributed by atoms with van der Waals surface area (Å²) in [6.07, 6.45) is 1.71. The molecule has 2 aromatic rings. The van der Waals surface area contributed by atoms with E-state index < -0.39 is 0 Å². The highest BCUT2D eigenvalue weighted by Gasteiger charge is 2.05. The van der Waals surface area contributed by atoms with Crippen molar-refractivity contribution in [2.75, 3.05) is 0 Å². The first-order chi connectivity index (χ1) is 7.19. The van der Waals surface area contributed by atoms with Gasteiger partial charge in [0.2, 0.25) is 0 Å². The minimum atomic E-state index is 0.181. The van der Waals surface area contributed by atoms with E-state index in [1.165, 1.54) is 5.56 Å². The number of nitrogens with two attached hydrogens (primary N) is 1. The number of oxazole rings is 1.